The SMILES string of the molecule is O=C(CN1C(=O)[C@@H]2CCCCN2c2ccc(C(=O)N3CCCC3)cc21)Nc1ccc2c(c1)OCCO2. The zero-order chi connectivity index (χ0) is 24.6. The molecule has 0 bridgehead atoms. The van der Waals surface area contributed by atoms with Gasteiger partial charge in [-0.05, 0) is 62.4 Å². The molecule has 0 saturated carbocycles. The third kappa shape index (κ3) is 4.12. The van der Waals surface area contributed by atoms with Crippen LogP contribution in [-0.4, -0.2) is 68.1 Å². The number of ether oxygens (including phenoxy) is 2. The van der Waals surface area contributed by atoms with Crippen LogP contribution < -0.4 is 24.6 Å². The highest BCUT2D eigenvalue weighted by molar-refractivity contribution is 6.11. The van der Waals surface area contributed by atoms with Crippen LogP contribution in [0.15, 0.2) is 36.4 Å². The maximum absolute atomic E-state index is 13.6. The number of fused-ring (bicyclic) bond motifs is 4. The topological polar surface area (TPSA) is 91.4 Å². The third-order valence-corrected chi connectivity index (χ3v) is 7.40. The molecule has 9 nitrogen and oxygen atoms in total. The van der Waals surface area contributed by atoms with Crippen molar-refractivity contribution in [3.63, 3.8) is 0 Å². The highest BCUT2D eigenvalue weighted by Crippen LogP contribution is 2.40. The van der Waals surface area contributed by atoms with E-state index in [4.69, 9.17) is 9.47 Å². The van der Waals surface area contributed by atoms with Gasteiger partial charge in [-0.3, -0.25) is 19.3 Å². The highest BCUT2D eigenvalue weighted by Gasteiger charge is 2.40. The maximum atomic E-state index is 13.6. The summed E-state index contributed by atoms with van der Waals surface area (Å²) in [5.74, 6) is 0.800. The summed E-state index contributed by atoms with van der Waals surface area (Å²) in [4.78, 5) is 45.4. The minimum absolute atomic E-state index is 0.0239. The summed E-state index contributed by atoms with van der Waals surface area (Å²) in [6.45, 7) is 3.12. The van der Waals surface area contributed by atoms with Crippen molar-refractivity contribution in [1.82, 2.24) is 4.90 Å². The molecule has 6 rings (SSSR count). The Labute approximate surface area is 209 Å². The molecule has 2 saturated heterocycles. The lowest BCUT2D eigenvalue weighted by atomic mass is 9.95. The Bertz CT molecular complexity index is 1210. The number of nitrogens with one attached hydrogen (secondary N) is 1. The molecule has 0 radical (unpaired) electrons. The van der Waals surface area contributed by atoms with Gasteiger partial charge in [-0.2, -0.15) is 0 Å². The van der Waals surface area contributed by atoms with Gasteiger partial charge in [0.1, 0.15) is 25.8 Å². The molecule has 1 N–H and O–H groups in total. The molecule has 4 heterocycles. The highest BCUT2D eigenvalue weighted by atomic mass is 16.6. The summed E-state index contributed by atoms with van der Waals surface area (Å²) in [6, 6.07) is 10.6. The molecule has 0 aliphatic carbocycles. The Morgan fingerprint density at radius 1 is 0.889 bits per heavy atom. The van der Waals surface area contributed by atoms with Crippen molar-refractivity contribution >= 4 is 34.8 Å². The normalized spacial score (nSPS) is 20.6. The first kappa shape index (κ1) is 22.7. The van der Waals surface area contributed by atoms with Crippen LogP contribution in [0.25, 0.3) is 0 Å². The van der Waals surface area contributed by atoms with E-state index in [1.807, 2.05) is 17.0 Å². The van der Waals surface area contributed by atoms with E-state index < -0.39 is 0 Å². The number of carbonyl (C=O) groups is 3. The summed E-state index contributed by atoms with van der Waals surface area (Å²) < 4.78 is 11.2. The molecular formula is C27H30N4O5. The molecule has 0 aromatic heterocycles. The van der Waals surface area contributed by atoms with Crippen molar-refractivity contribution in [2.75, 3.05) is 54.5 Å². The van der Waals surface area contributed by atoms with Crippen molar-refractivity contribution in [2.45, 2.75) is 38.1 Å². The lowest BCUT2D eigenvalue weighted by Crippen LogP contribution is -2.56. The first-order valence-electron chi connectivity index (χ1n) is 12.8. The fraction of sp³-hybridized carbons (Fsp3) is 0.444. The molecule has 9 heteroatoms. The average molecular weight is 491 g/mol. The van der Waals surface area contributed by atoms with Crippen LogP contribution in [0.5, 0.6) is 11.5 Å². The number of benzene rings is 2. The molecule has 1 atom stereocenters. The number of amides is 3. The maximum Gasteiger partial charge on any atom is 0.253 e. The number of anilines is 3. The van der Waals surface area contributed by atoms with Crippen LogP contribution in [0.2, 0.25) is 0 Å². The predicted molar refractivity (Wildman–Crippen MR) is 135 cm³/mol. The lowest BCUT2D eigenvalue weighted by Gasteiger charge is -2.45. The van der Waals surface area contributed by atoms with Crippen LogP contribution in [0.1, 0.15) is 42.5 Å². The van der Waals surface area contributed by atoms with Crippen molar-refractivity contribution in [2.24, 2.45) is 0 Å². The zero-order valence-electron chi connectivity index (χ0n) is 20.2. The summed E-state index contributed by atoms with van der Waals surface area (Å²) in [7, 11) is 0. The van der Waals surface area contributed by atoms with Crippen molar-refractivity contribution in [1.29, 1.82) is 0 Å². The lowest BCUT2D eigenvalue weighted by molar-refractivity contribution is -0.123. The van der Waals surface area contributed by atoms with Crippen LogP contribution >= 0.6 is 0 Å². The number of hydrogen-bond acceptors (Lipinski definition) is 6. The van der Waals surface area contributed by atoms with Gasteiger partial charge in [0, 0.05) is 37.0 Å². The summed E-state index contributed by atoms with van der Waals surface area (Å²) in [6.07, 6.45) is 4.77. The number of piperidine rings is 1. The molecule has 2 aromatic rings. The Kier molecular flexibility index (Phi) is 5.91. The van der Waals surface area contributed by atoms with Crippen molar-refractivity contribution in [3.8, 4) is 11.5 Å². The Hall–Kier alpha value is -3.75. The quantitative estimate of drug-likeness (QED) is 0.709. The number of hydrogen-bond donors (Lipinski definition) is 1. The smallest absolute Gasteiger partial charge is 0.253 e. The number of carbonyl (C=O) groups excluding carboxylic acids is 3. The minimum Gasteiger partial charge on any atom is -0.486 e. The van der Waals surface area contributed by atoms with Gasteiger partial charge in [0.05, 0.1) is 11.4 Å². The molecule has 4 aliphatic rings. The van der Waals surface area contributed by atoms with Gasteiger partial charge in [-0.25, -0.2) is 0 Å². The zero-order valence-corrected chi connectivity index (χ0v) is 20.2. The monoisotopic (exact) mass is 490 g/mol. The van der Waals surface area contributed by atoms with Gasteiger partial charge in [0.15, 0.2) is 11.5 Å². The van der Waals surface area contributed by atoms with Gasteiger partial charge in [0.2, 0.25) is 11.8 Å². The van der Waals surface area contributed by atoms with E-state index in [1.54, 1.807) is 29.2 Å². The van der Waals surface area contributed by atoms with E-state index in [9.17, 15) is 14.4 Å². The Morgan fingerprint density at radius 3 is 2.50 bits per heavy atom. The summed E-state index contributed by atoms with van der Waals surface area (Å²) in [5.41, 5.74) is 2.66. The van der Waals surface area contributed by atoms with Crippen LogP contribution in [0.4, 0.5) is 17.1 Å². The fourth-order valence-electron chi connectivity index (χ4n) is 5.62. The van der Waals surface area contributed by atoms with Crippen LogP contribution in [0, 0.1) is 0 Å². The first-order valence-corrected chi connectivity index (χ1v) is 12.8. The third-order valence-electron chi connectivity index (χ3n) is 7.40. The van der Waals surface area contributed by atoms with Gasteiger partial charge >= 0.3 is 0 Å². The Balaban J connectivity index is 1.28. The van der Waals surface area contributed by atoms with E-state index >= 15 is 0 Å². The molecule has 36 heavy (non-hydrogen) atoms. The molecule has 2 fully saturated rings. The molecule has 0 unspecified atom stereocenters. The molecule has 3 amide bonds. The summed E-state index contributed by atoms with van der Waals surface area (Å²) >= 11 is 0. The van der Waals surface area contributed by atoms with Crippen molar-refractivity contribution in [3.05, 3.63) is 42.0 Å². The van der Waals surface area contributed by atoms with Crippen molar-refractivity contribution < 1.29 is 23.9 Å². The molecule has 4 aliphatic heterocycles. The van der Waals surface area contributed by atoms with Gasteiger partial charge in [0.25, 0.3) is 5.91 Å². The molecule has 2 aromatic carbocycles. The predicted octanol–water partition coefficient (Wildman–Crippen LogP) is 3.04. The largest absolute Gasteiger partial charge is 0.486 e. The second-order valence-electron chi connectivity index (χ2n) is 9.74. The second kappa shape index (κ2) is 9.37. The number of nitrogens with zero attached hydrogens (tertiary/aromatic N) is 3. The average Bonchev–Trinajstić information content (AvgIpc) is 3.45. The van der Waals surface area contributed by atoms with Gasteiger partial charge in [-0.15, -0.1) is 0 Å². The van der Waals surface area contributed by atoms with E-state index in [0.29, 0.717) is 41.7 Å². The molecule has 188 valence electrons. The van der Waals surface area contributed by atoms with E-state index in [-0.39, 0.29) is 30.3 Å². The van der Waals surface area contributed by atoms with Crippen LogP contribution in [0.3, 0.4) is 0 Å². The van der Waals surface area contributed by atoms with Gasteiger partial charge < -0.3 is 24.6 Å². The Morgan fingerprint density at radius 2 is 1.67 bits per heavy atom. The number of likely N-dealkylation sites (tertiary alicyclic amines) is 1. The van der Waals surface area contributed by atoms with E-state index in [0.717, 1.165) is 57.4 Å². The summed E-state index contributed by atoms with van der Waals surface area (Å²) in [5, 5.41) is 2.89. The number of rotatable bonds is 4. The first-order chi connectivity index (χ1) is 17.6. The standard InChI is InChI=1S/C27H30N4O5/c32-25(28-19-7-9-23-24(16-19)36-14-13-35-23)17-31-22-15-18(26(33)29-10-3-4-11-29)6-8-20(22)30-12-2-1-5-21(30)27(31)34/h6-9,15-16,21H,1-5,10-14,17H2,(H,28,32)/t21-/m0/s1. The van der Waals surface area contributed by atoms with Crippen LogP contribution in [-0.2, 0) is 9.59 Å². The van der Waals surface area contributed by atoms with E-state index in [2.05, 4.69) is 10.2 Å². The fourth-order valence-corrected chi connectivity index (χ4v) is 5.62. The van der Waals surface area contributed by atoms with E-state index in [1.165, 1.54) is 0 Å². The second-order valence-corrected chi connectivity index (χ2v) is 9.74. The minimum atomic E-state index is -0.313. The molecule has 0 spiro atoms. The van der Waals surface area contributed by atoms with Gasteiger partial charge in [-0.1, -0.05) is 0 Å². The molecular weight excluding hydrogens is 460 g/mol.